The molecule has 0 spiro atoms. The molecule has 2 heterocycles. The maximum Gasteiger partial charge on any atom is 0.238 e. The van der Waals surface area contributed by atoms with E-state index in [9.17, 15) is 4.79 Å². The number of amides is 1. The molecule has 2 aromatic heterocycles. The Labute approximate surface area is 151 Å². The van der Waals surface area contributed by atoms with Gasteiger partial charge in [-0.3, -0.25) is 9.69 Å². The summed E-state index contributed by atoms with van der Waals surface area (Å²) in [6.45, 7) is 4.88. The second-order valence-corrected chi connectivity index (χ2v) is 7.04. The van der Waals surface area contributed by atoms with Crippen molar-refractivity contribution in [2.75, 3.05) is 18.9 Å². The normalized spacial score (nSPS) is 11.0. The highest BCUT2D eigenvalue weighted by atomic mass is 32.1. The molecule has 25 heavy (non-hydrogen) atoms. The second kappa shape index (κ2) is 7.63. The number of aromatic nitrogens is 1. The molecule has 0 saturated heterocycles. The smallest absolute Gasteiger partial charge is 0.238 e. The summed E-state index contributed by atoms with van der Waals surface area (Å²) in [6.07, 6.45) is 1.65. The number of rotatable bonds is 6. The number of oxazole rings is 1. The first-order valence-electron chi connectivity index (χ1n) is 8.06. The van der Waals surface area contributed by atoms with E-state index in [1.54, 1.807) is 17.6 Å². The zero-order valence-corrected chi connectivity index (χ0v) is 15.4. The summed E-state index contributed by atoms with van der Waals surface area (Å²) in [5.74, 6) is 0.580. The molecular formula is C19H21N3O2S. The minimum atomic E-state index is -0.0434. The van der Waals surface area contributed by atoms with Gasteiger partial charge in [0.15, 0.2) is 0 Å². The summed E-state index contributed by atoms with van der Waals surface area (Å²) in [5, 5.41) is 4.96. The molecule has 3 rings (SSSR count). The van der Waals surface area contributed by atoms with E-state index in [0.717, 1.165) is 27.4 Å². The van der Waals surface area contributed by atoms with Gasteiger partial charge in [0.1, 0.15) is 6.26 Å². The number of hydrogen-bond donors (Lipinski definition) is 1. The Morgan fingerprint density at radius 1 is 1.28 bits per heavy atom. The molecule has 3 aromatic rings. The van der Waals surface area contributed by atoms with Crippen molar-refractivity contribution in [2.45, 2.75) is 20.4 Å². The fourth-order valence-corrected chi connectivity index (χ4v) is 3.20. The topological polar surface area (TPSA) is 58.4 Å². The summed E-state index contributed by atoms with van der Waals surface area (Å²) >= 11 is 1.59. The van der Waals surface area contributed by atoms with E-state index in [4.69, 9.17) is 4.42 Å². The lowest BCUT2D eigenvalue weighted by Crippen LogP contribution is -2.30. The summed E-state index contributed by atoms with van der Waals surface area (Å²) in [5.41, 5.74) is 3.93. The van der Waals surface area contributed by atoms with Crippen molar-refractivity contribution in [3.8, 4) is 10.8 Å². The van der Waals surface area contributed by atoms with Gasteiger partial charge in [0.25, 0.3) is 0 Å². The van der Waals surface area contributed by atoms with Crippen LogP contribution in [0.3, 0.4) is 0 Å². The Morgan fingerprint density at radius 3 is 2.88 bits per heavy atom. The number of aryl methyl sites for hydroxylation is 1. The minimum Gasteiger partial charge on any atom is -0.444 e. The third-order valence-corrected chi connectivity index (χ3v) is 4.87. The Balaban J connectivity index is 1.56. The van der Waals surface area contributed by atoms with Gasteiger partial charge in [-0.05, 0) is 49.5 Å². The van der Waals surface area contributed by atoms with E-state index in [-0.39, 0.29) is 12.5 Å². The first-order valence-corrected chi connectivity index (χ1v) is 8.94. The largest absolute Gasteiger partial charge is 0.444 e. The predicted molar refractivity (Wildman–Crippen MR) is 101 cm³/mol. The molecule has 130 valence electrons. The highest BCUT2D eigenvalue weighted by Gasteiger charge is 2.13. The molecule has 0 saturated carbocycles. The number of thiophene rings is 1. The maximum atomic E-state index is 12.3. The molecule has 5 nitrogen and oxygen atoms in total. The lowest BCUT2D eigenvalue weighted by Gasteiger charge is -2.16. The van der Waals surface area contributed by atoms with Crippen molar-refractivity contribution < 1.29 is 9.21 Å². The van der Waals surface area contributed by atoms with Crippen LogP contribution < -0.4 is 5.32 Å². The van der Waals surface area contributed by atoms with Gasteiger partial charge >= 0.3 is 0 Å². The quantitative estimate of drug-likeness (QED) is 0.723. The monoisotopic (exact) mass is 355 g/mol. The number of hydrogen-bond acceptors (Lipinski definition) is 5. The van der Waals surface area contributed by atoms with Crippen LogP contribution in [0.1, 0.15) is 16.8 Å². The van der Waals surface area contributed by atoms with Crippen molar-refractivity contribution in [3.63, 3.8) is 0 Å². The van der Waals surface area contributed by atoms with Crippen molar-refractivity contribution in [2.24, 2.45) is 0 Å². The van der Waals surface area contributed by atoms with Crippen molar-refractivity contribution >= 4 is 22.9 Å². The van der Waals surface area contributed by atoms with Gasteiger partial charge in [0, 0.05) is 12.2 Å². The van der Waals surface area contributed by atoms with E-state index in [1.807, 2.05) is 61.5 Å². The molecule has 0 aliphatic rings. The molecule has 0 bridgehead atoms. The molecule has 6 heteroatoms. The molecule has 0 atom stereocenters. The SMILES string of the molecule is Cc1cccc(NC(=O)CN(C)Cc2coc(-c3cccs3)n2)c1C. The van der Waals surface area contributed by atoms with Crippen LogP contribution >= 0.6 is 11.3 Å². The number of carbonyl (C=O) groups excluding carboxylic acids is 1. The summed E-state index contributed by atoms with van der Waals surface area (Å²) in [6, 6.07) is 9.84. The number of nitrogens with zero attached hydrogens (tertiary/aromatic N) is 2. The molecule has 0 aliphatic heterocycles. The number of likely N-dealkylation sites (N-methyl/N-ethyl adjacent to an activating group) is 1. The third kappa shape index (κ3) is 4.35. The first-order chi connectivity index (χ1) is 12.0. The van der Waals surface area contributed by atoms with Crippen molar-refractivity contribution in [1.82, 2.24) is 9.88 Å². The van der Waals surface area contributed by atoms with Gasteiger partial charge in [-0.25, -0.2) is 4.98 Å². The minimum absolute atomic E-state index is 0.0434. The van der Waals surface area contributed by atoms with Crippen molar-refractivity contribution in [1.29, 1.82) is 0 Å². The van der Waals surface area contributed by atoms with Crippen LogP contribution in [0, 0.1) is 13.8 Å². The molecule has 0 unspecified atom stereocenters. The second-order valence-electron chi connectivity index (χ2n) is 6.09. The molecule has 0 radical (unpaired) electrons. The van der Waals surface area contributed by atoms with E-state index >= 15 is 0 Å². The zero-order valence-electron chi connectivity index (χ0n) is 14.6. The van der Waals surface area contributed by atoms with Crippen LogP contribution in [0.2, 0.25) is 0 Å². The summed E-state index contributed by atoms with van der Waals surface area (Å²) < 4.78 is 5.51. The summed E-state index contributed by atoms with van der Waals surface area (Å²) in [4.78, 5) is 19.7. The highest BCUT2D eigenvalue weighted by Crippen LogP contribution is 2.24. The molecule has 1 N–H and O–H groups in total. The average molecular weight is 355 g/mol. The number of carbonyl (C=O) groups is 1. The van der Waals surface area contributed by atoms with E-state index < -0.39 is 0 Å². The van der Waals surface area contributed by atoms with Crippen LogP contribution in [0.15, 0.2) is 46.4 Å². The molecule has 1 amide bonds. The Hall–Kier alpha value is -2.44. The van der Waals surface area contributed by atoms with Gasteiger partial charge in [-0.2, -0.15) is 0 Å². The van der Waals surface area contributed by atoms with Gasteiger partial charge in [-0.15, -0.1) is 11.3 Å². The fraction of sp³-hybridized carbons (Fsp3) is 0.263. The van der Waals surface area contributed by atoms with Gasteiger partial charge in [0.05, 0.1) is 17.1 Å². The fourth-order valence-electron chi connectivity index (χ4n) is 2.55. The predicted octanol–water partition coefficient (Wildman–Crippen LogP) is 4.09. The van der Waals surface area contributed by atoms with Crippen LogP contribution in [-0.4, -0.2) is 29.4 Å². The Bertz CT molecular complexity index is 855. The number of nitrogens with one attached hydrogen (secondary N) is 1. The molecular weight excluding hydrogens is 334 g/mol. The molecule has 1 aromatic carbocycles. The third-order valence-electron chi connectivity index (χ3n) is 4.01. The zero-order chi connectivity index (χ0) is 17.8. The number of benzene rings is 1. The van der Waals surface area contributed by atoms with Crippen LogP contribution in [0.5, 0.6) is 0 Å². The van der Waals surface area contributed by atoms with Gasteiger partial charge in [-0.1, -0.05) is 18.2 Å². The van der Waals surface area contributed by atoms with Gasteiger partial charge in [0.2, 0.25) is 11.8 Å². The highest BCUT2D eigenvalue weighted by molar-refractivity contribution is 7.13. The summed E-state index contributed by atoms with van der Waals surface area (Å²) in [7, 11) is 1.89. The van der Waals surface area contributed by atoms with Crippen LogP contribution in [-0.2, 0) is 11.3 Å². The van der Waals surface area contributed by atoms with E-state index in [1.165, 1.54) is 0 Å². The Kier molecular flexibility index (Phi) is 5.31. The maximum absolute atomic E-state index is 12.3. The average Bonchev–Trinajstić information content (AvgIpc) is 3.22. The molecule has 0 fully saturated rings. The van der Waals surface area contributed by atoms with Crippen LogP contribution in [0.4, 0.5) is 5.69 Å². The van der Waals surface area contributed by atoms with Crippen LogP contribution in [0.25, 0.3) is 10.8 Å². The van der Waals surface area contributed by atoms with Gasteiger partial charge < -0.3 is 9.73 Å². The van der Waals surface area contributed by atoms with E-state index in [0.29, 0.717) is 12.4 Å². The van der Waals surface area contributed by atoms with Crippen molar-refractivity contribution in [3.05, 3.63) is 58.8 Å². The molecule has 0 aliphatic carbocycles. The lowest BCUT2D eigenvalue weighted by atomic mass is 10.1. The number of anilines is 1. The standard InChI is InChI=1S/C19H21N3O2S/c1-13-6-4-7-16(14(13)2)21-18(23)11-22(3)10-15-12-24-19(20-15)17-8-5-9-25-17/h4-9,12H,10-11H2,1-3H3,(H,21,23). The Morgan fingerprint density at radius 2 is 2.12 bits per heavy atom. The lowest BCUT2D eigenvalue weighted by molar-refractivity contribution is -0.117. The van der Waals surface area contributed by atoms with E-state index in [2.05, 4.69) is 10.3 Å². The first kappa shape index (κ1) is 17.4.